The van der Waals surface area contributed by atoms with Gasteiger partial charge in [0.15, 0.2) is 12.4 Å². The Morgan fingerprint density at radius 3 is 2.58 bits per heavy atom. The van der Waals surface area contributed by atoms with E-state index < -0.39 is 12.6 Å². The zero-order valence-electron chi connectivity index (χ0n) is 16.1. The minimum atomic E-state index is -1.06. The van der Waals surface area contributed by atoms with Gasteiger partial charge in [0.1, 0.15) is 5.75 Å². The molecule has 0 saturated carbocycles. The van der Waals surface area contributed by atoms with Crippen LogP contribution in [0.4, 0.5) is 0 Å². The highest BCUT2D eigenvalue weighted by Gasteiger charge is 2.12. The van der Waals surface area contributed by atoms with E-state index in [9.17, 15) is 9.59 Å². The Morgan fingerprint density at radius 2 is 1.84 bits per heavy atom. The average Bonchev–Trinajstić information content (AvgIpc) is 2.78. The van der Waals surface area contributed by atoms with Crippen molar-refractivity contribution in [3.05, 3.63) is 93.2 Å². The number of carbonyl (C=O) groups is 1. The van der Waals surface area contributed by atoms with Crippen LogP contribution < -0.4 is 10.3 Å². The Hall–Kier alpha value is -3.78. The summed E-state index contributed by atoms with van der Waals surface area (Å²) in [4.78, 5) is 28.5. The van der Waals surface area contributed by atoms with Crippen LogP contribution in [-0.4, -0.2) is 33.6 Å². The summed E-state index contributed by atoms with van der Waals surface area (Å²) >= 11 is 3.36. The van der Waals surface area contributed by atoms with Crippen LogP contribution in [0.2, 0.25) is 0 Å². The molecule has 0 aliphatic carbocycles. The lowest BCUT2D eigenvalue weighted by molar-refractivity contribution is -0.139. The lowest BCUT2D eigenvalue weighted by atomic mass is 10.2. The molecular formula is C23H16BrN3O4. The van der Waals surface area contributed by atoms with Crippen molar-refractivity contribution >= 4 is 39.0 Å². The van der Waals surface area contributed by atoms with Crippen molar-refractivity contribution in [2.24, 2.45) is 5.10 Å². The highest BCUT2D eigenvalue weighted by molar-refractivity contribution is 9.10. The van der Waals surface area contributed by atoms with Gasteiger partial charge in [-0.3, -0.25) is 4.79 Å². The van der Waals surface area contributed by atoms with E-state index in [0.717, 1.165) is 5.56 Å². The number of carboxylic acid groups (broad SMARTS) is 1. The number of halogens is 1. The first-order valence-corrected chi connectivity index (χ1v) is 10.1. The standard InChI is InChI=1S/C23H16BrN3O4/c24-18-12-15(10-11-20(18)31-14-21(28)29)13-25-27-22(16-6-2-1-3-7-16)26-19-9-5-4-8-17(19)23(27)30/h1-13H,14H2,(H,28,29). The van der Waals surface area contributed by atoms with Crippen molar-refractivity contribution < 1.29 is 14.6 Å². The van der Waals surface area contributed by atoms with Crippen molar-refractivity contribution in [2.45, 2.75) is 0 Å². The third-order valence-electron chi connectivity index (χ3n) is 4.42. The molecule has 0 amide bonds. The van der Waals surface area contributed by atoms with Crippen molar-refractivity contribution in [1.29, 1.82) is 0 Å². The number of nitrogens with zero attached hydrogens (tertiary/aromatic N) is 3. The molecule has 4 aromatic rings. The molecule has 8 heteroatoms. The van der Waals surface area contributed by atoms with Gasteiger partial charge in [0, 0.05) is 5.56 Å². The monoisotopic (exact) mass is 477 g/mol. The lowest BCUT2D eigenvalue weighted by Gasteiger charge is -2.09. The zero-order chi connectivity index (χ0) is 21.8. The molecule has 4 rings (SSSR count). The van der Waals surface area contributed by atoms with Crippen LogP contribution in [0.25, 0.3) is 22.3 Å². The Morgan fingerprint density at radius 1 is 1.10 bits per heavy atom. The summed E-state index contributed by atoms with van der Waals surface area (Å²) in [6, 6.07) is 21.6. The number of aliphatic carboxylic acids is 1. The molecule has 1 aromatic heterocycles. The molecule has 0 spiro atoms. The number of aromatic nitrogens is 2. The molecule has 0 aliphatic rings. The molecule has 0 bridgehead atoms. The lowest BCUT2D eigenvalue weighted by Crippen LogP contribution is -2.20. The number of hydrogen-bond acceptors (Lipinski definition) is 5. The van der Waals surface area contributed by atoms with Gasteiger partial charge < -0.3 is 9.84 Å². The van der Waals surface area contributed by atoms with Gasteiger partial charge in [-0.1, -0.05) is 42.5 Å². The summed E-state index contributed by atoms with van der Waals surface area (Å²) in [6.07, 6.45) is 1.54. The molecule has 0 fully saturated rings. The Bertz CT molecular complexity index is 1350. The van der Waals surface area contributed by atoms with E-state index in [1.807, 2.05) is 36.4 Å². The Kier molecular flexibility index (Phi) is 5.90. The van der Waals surface area contributed by atoms with Gasteiger partial charge in [-0.2, -0.15) is 9.78 Å². The largest absolute Gasteiger partial charge is 0.481 e. The predicted octanol–water partition coefficient (Wildman–Crippen LogP) is 4.17. The summed E-state index contributed by atoms with van der Waals surface area (Å²) < 4.78 is 7.06. The summed E-state index contributed by atoms with van der Waals surface area (Å²) in [5.74, 6) is -0.232. The first kappa shape index (κ1) is 20.5. The number of para-hydroxylation sites is 1. The van der Waals surface area contributed by atoms with E-state index in [1.54, 1.807) is 36.4 Å². The van der Waals surface area contributed by atoms with E-state index in [2.05, 4.69) is 26.0 Å². The number of rotatable bonds is 6. The van der Waals surface area contributed by atoms with Crippen molar-refractivity contribution in [3.8, 4) is 17.1 Å². The van der Waals surface area contributed by atoms with Crippen LogP contribution in [0.15, 0.2) is 87.2 Å². The van der Waals surface area contributed by atoms with Gasteiger partial charge in [-0.15, -0.1) is 0 Å². The highest BCUT2D eigenvalue weighted by atomic mass is 79.9. The number of carboxylic acids is 1. The Balaban J connectivity index is 1.76. The molecule has 154 valence electrons. The van der Waals surface area contributed by atoms with Crippen LogP contribution in [0.3, 0.4) is 0 Å². The summed E-state index contributed by atoms with van der Waals surface area (Å²) in [5.41, 5.74) is 1.77. The van der Waals surface area contributed by atoms with Crippen LogP contribution in [-0.2, 0) is 4.79 Å². The van der Waals surface area contributed by atoms with Gasteiger partial charge in [0.05, 0.1) is 21.6 Å². The molecule has 0 atom stereocenters. The van der Waals surface area contributed by atoms with Crippen LogP contribution in [0.5, 0.6) is 5.75 Å². The van der Waals surface area contributed by atoms with E-state index in [0.29, 0.717) is 32.5 Å². The number of hydrogen-bond donors (Lipinski definition) is 1. The first-order valence-electron chi connectivity index (χ1n) is 9.28. The van der Waals surface area contributed by atoms with Crippen LogP contribution >= 0.6 is 15.9 Å². The zero-order valence-corrected chi connectivity index (χ0v) is 17.7. The van der Waals surface area contributed by atoms with Gasteiger partial charge >= 0.3 is 5.97 Å². The second kappa shape index (κ2) is 8.93. The maximum absolute atomic E-state index is 13.1. The van der Waals surface area contributed by atoms with Crippen LogP contribution in [0.1, 0.15) is 5.56 Å². The maximum atomic E-state index is 13.1. The minimum absolute atomic E-state index is 0.277. The molecular weight excluding hydrogens is 462 g/mol. The Labute approximate surface area is 185 Å². The smallest absolute Gasteiger partial charge is 0.341 e. The number of ether oxygens (including phenoxy) is 1. The predicted molar refractivity (Wildman–Crippen MR) is 122 cm³/mol. The number of fused-ring (bicyclic) bond motifs is 1. The fourth-order valence-electron chi connectivity index (χ4n) is 2.98. The third kappa shape index (κ3) is 4.54. The minimum Gasteiger partial charge on any atom is -0.481 e. The SMILES string of the molecule is O=C(O)COc1ccc(C=Nn2c(-c3ccccc3)nc3ccccc3c2=O)cc1Br. The second-order valence-electron chi connectivity index (χ2n) is 6.55. The second-order valence-corrected chi connectivity index (χ2v) is 7.41. The quantitative estimate of drug-likeness (QED) is 0.420. The molecule has 0 unspecified atom stereocenters. The fourth-order valence-corrected chi connectivity index (χ4v) is 3.49. The summed E-state index contributed by atoms with van der Waals surface area (Å²) in [5, 5.41) is 13.6. The molecule has 0 radical (unpaired) electrons. The molecule has 31 heavy (non-hydrogen) atoms. The fraction of sp³-hybridized carbons (Fsp3) is 0.0435. The van der Waals surface area contributed by atoms with Gasteiger partial charge in [0.2, 0.25) is 0 Å². The van der Waals surface area contributed by atoms with Gasteiger partial charge in [0.25, 0.3) is 5.56 Å². The first-order chi connectivity index (χ1) is 15.0. The van der Waals surface area contributed by atoms with Crippen molar-refractivity contribution in [3.63, 3.8) is 0 Å². The van der Waals surface area contributed by atoms with Gasteiger partial charge in [-0.25, -0.2) is 9.78 Å². The summed E-state index contributed by atoms with van der Waals surface area (Å²) in [6.45, 7) is -0.440. The van der Waals surface area contributed by atoms with E-state index in [-0.39, 0.29) is 5.56 Å². The van der Waals surface area contributed by atoms with Gasteiger partial charge in [-0.05, 0) is 51.8 Å². The molecule has 1 N–H and O–H groups in total. The molecule has 0 aliphatic heterocycles. The number of benzene rings is 3. The molecule has 1 heterocycles. The molecule has 0 saturated heterocycles. The molecule has 7 nitrogen and oxygen atoms in total. The van der Waals surface area contributed by atoms with Crippen LogP contribution in [0, 0.1) is 0 Å². The maximum Gasteiger partial charge on any atom is 0.341 e. The van der Waals surface area contributed by atoms with E-state index >= 15 is 0 Å². The summed E-state index contributed by atoms with van der Waals surface area (Å²) in [7, 11) is 0. The topological polar surface area (TPSA) is 93.8 Å². The van der Waals surface area contributed by atoms with Crippen molar-refractivity contribution in [1.82, 2.24) is 9.66 Å². The normalized spacial score (nSPS) is 11.1. The van der Waals surface area contributed by atoms with Crippen molar-refractivity contribution in [2.75, 3.05) is 6.61 Å². The van der Waals surface area contributed by atoms with E-state index in [1.165, 1.54) is 10.9 Å². The third-order valence-corrected chi connectivity index (χ3v) is 5.03. The highest BCUT2D eigenvalue weighted by Crippen LogP contribution is 2.25. The van der Waals surface area contributed by atoms with E-state index in [4.69, 9.17) is 9.84 Å². The average molecular weight is 478 g/mol. The molecule has 3 aromatic carbocycles.